The first kappa shape index (κ1) is 19.6. The van der Waals surface area contributed by atoms with Crippen LogP contribution < -0.4 is 4.90 Å². The van der Waals surface area contributed by atoms with Crippen LogP contribution >= 0.6 is 0 Å². The fraction of sp³-hybridized carbons (Fsp3) is 0.500. The minimum atomic E-state index is -0.278. The molecule has 0 aliphatic carbocycles. The molecule has 0 N–H and O–H groups in total. The van der Waals surface area contributed by atoms with Crippen LogP contribution in [0.2, 0.25) is 0 Å². The topological polar surface area (TPSA) is 63.5 Å². The molecule has 4 rings (SSSR count). The van der Waals surface area contributed by atoms with Gasteiger partial charge in [-0.05, 0) is 24.8 Å². The molecule has 0 spiro atoms. The maximum Gasteiger partial charge on any atom is 0.254 e. The Labute approximate surface area is 172 Å². The second-order valence-electron chi connectivity index (χ2n) is 8.06. The maximum absolute atomic E-state index is 13.7. The molecule has 154 valence electrons. The molecule has 3 heterocycles. The smallest absolute Gasteiger partial charge is 0.254 e. The van der Waals surface area contributed by atoms with E-state index < -0.39 is 0 Å². The largest absolute Gasteiger partial charge is 0.378 e. The van der Waals surface area contributed by atoms with Crippen molar-refractivity contribution in [1.82, 2.24) is 19.7 Å². The molecule has 2 aliphatic rings. The normalized spacial score (nSPS) is 19.7. The number of allylic oxidation sites excluding steroid dienone is 1. The van der Waals surface area contributed by atoms with Crippen LogP contribution in [0.15, 0.2) is 47.9 Å². The van der Waals surface area contributed by atoms with E-state index in [1.165, 1.54) is 0 Å². The molecule has 7 heteroatoms. The first-order valence-corrected chi connectivity index (χ1v) is 10.4. The third-order valence-electron chi connectivity index (χ3n) is 5.68. The SMILES string of the molecule is CC1=C(C(=O)N2CCOCC2)C(c2ccccc2)n2ncnc2N1CCC(C)C. The van der Waals surface area contributed by atoms with Crippen molar-refractivity contribution in [2.24, 2.45) is 5.92 Å². The number of rotatable bonds is 5. The molecule has 1 atom stereocenters. The Morgan fingerprint density at radius 3 is 2.62 bits per heavy atom. The number of benzene rings is 1. The number of morpholine rings is 1. The van der Waals surface area contributed by atoms with Crippen LogP contribution in [0.25, 0.3) is 0 Å². The molecule has 0 saturated carbocycles. The summed E-state index contributed by atoms with van der Waals surface area (Å²) in [7, 11) is 0. The molecular weight excluding hydrogens is 366 g/mol. The summed E-state index contributed by atoms with van der Waals surface area (Å²) in [6, 6.07) is 9.83. The first-order chi connectivity index (χ1) is 14.1. The molecule has 2 aromatic rings. The van der Waals surface area contributed by atoms with Crippen molar-refractivity contribution in [2.45, 2.75) is 33.2 Å². The van der Waals surface area contributed by atoms with Crippen molar-refractivity contribution in [3.8, 4) is 0 Å². The number of anilines is 1. The van der Waals surface area contributed by atoms with Gasteiger partial charge < -0.3 is 14.5 Å². The van der Waals surface area contributed by atoms with Crippen molar-refractivity contribution in [2.75, 3.05) is 37.7 Å². The molecule has 1 aromatic carbocycles. The Kier molecular flexibility index (Phi) is 5.67. The van der Waals surface area contributed by atoms with Crippen LogP contribution in [0.1, 0.15) is 38.8 Å². The van der Waals surface area contributed by atoms with E-state index in [1.54, 1.807) is 6.33 Å². The van der Waals surface area contributed by atoms with E-state index >= 15 is 0 Å². The monoisotopic (exact) mass is 395 g/mol. The van der Waals surface area contributed by atoms with E-state index in [2.05, 4.69) is 41.0 Å². The number of carbonyl (C=O) groups is 1. The number of nitrogens with zero attached hydrogens (tertiary/aromatic N) is 5. The summed E-state index contributed by atoms with van der Waals surface area (Å²) >= 11 is 0. The van der Waals surface area contributed by atoms with E-state index in [0.29, 0.717) is 32.2 Å². The van der Waals surface area contributed by atoms with E-state index in [-0.39, 0.29) is 11.9 Å². The number of hydrogen-bond acceptors (Lipinski definition) is 5. The molecule has 1 unspecified atom stereocenters. The number of amides is 1. The maximum atomic E-state index is 13.7. The third kappa shape index (κ3) is 3.79. The predicted molar refractivity (Wildman–Crippen MR) is 112 cm³/mol. The highest BCUT2D eigenvalue weighted by Gasteiger charge is 2.38. The summed E-state index contributed by atoms with van der Waals surface area (Å²) in [5.41, 5.74) is 2.79. The standard InChI is InChI=1S/C22H29N5O2/c1-16(2)9-10-26-17(3)19(21(28)25-11-13-29-14-12-25)20(18-7-5-4-6-8-18)27-22(26)23-15-24-27/h4-8,15-16,20H,9-14H2,1-3H3. The van der Waals surface area contributed by atoms with Gasteiger partial charge in [0.1, 0.15) is 12.4 Å². The molecule has 29 heavy (non-hydrogen) atoms. The van der Waals surface area contributed by atoms with Gasteiger partial charge in [-0.3, -0.25) is 4.79 Å². The molecule has 1 saturated heterocycles. The molecule has 0 bridgehead atoms. The fourth-order valence-corrected chi connectivity index (χ4v) is 4.04. The zero-order valence-electron chi connectivity index (χ0n) is 17.4. The van der Waals surface area contributed by atoms with Gasteiger partial charge >= 0.3 is 0 Å². The molecule has 0 radical (unpaired) electrons. The van der Waals surface area contributed by atoms with Gasteiger partial charge in [0.05, 0.1) is 18.8 Å². The van der Waals surface area contributed by atoms with Gasteiger partial charge in [0.25, 0.3) is 5.91 Å². The van der Waals surface area contributed by atoms with Gasteiger partial charge in [0, 0.05) is 25.3 Å². The van der Waals surface area contributed by atoms with Crippen molar-refractivity contribution in [3.05, 3.63) is 53.5 Å². The average Bonchev–Trinajstić information content (AvgIpc) is 3.22. The molecule has 7 nitrogen and oxygen atoms in total. The second-order valence-corrected chi connectivity index (χ2v) is 8.06. The van der Waals surface area contributed by atoms with Gasteiger partial charge in [-0.25, -0.2) is 4.68 Å². The lowest BCUT2D eigenvalue weighted by Crippen LogP contribution is -2.45. The second kappa shape index (κ2) is 8.37. The molecule has 1 fully saturated rings. The number of ether oxygens (including phenoxy) is 1. The van der Waals surface area contributed by atoms with Crippen LogP contribution in [0.5, 0.6) is 0 Å². The lowest BCUT2D eigenvalue weighted by atomic mass is 9.93. The van der Waals surface area contributed by atoms with E-state index in [4.69, 9.17) is 4.74 Å². The summed E-state index contributed by atoms with van der Waals surface area (Å²) < 4.78 is 7.36. The van der Waals surface area contributed by atoms with Crippen LogP contribution in [0, 0.1) is 5.92 Å². The number of hydrogen-bond donors (Lipinski definition) is 0. The van der Waals surface area contributed by atoms with Crippen molar-refractivity contribution in [3.63, 3.8) is 0 Å². The Morgan fingerprint density at radius 1 is 1.21 bits per heavy atom. The highest BCUT2D eigenvalue weighted by atomic mass is 16.5. The van der Waals surface area contributed by atoms with Gasteiger partial charge in [-0.15, -0.1) is 0 Å². The fourth-order valence-electron chi connectivity index (χ4n) is 4.04. The predicted octanol–water partition coefficient (Wildman–Crippen LogP) is 2.87. The third-order valence-corrected chi connectivity index (χ3v) is 5.68. The van der Waals surface area contributed by atoms with Crippen LogP contribution in [0.3, 0.4) is 0 Å². The number of fused-ring (bicyclic) bond motifs is 1. The molecular formula is C22H29N5O2. The van der Waals surface area contributed by atoms with Crippen LogP contribution in [-0.2, 0) is 9.53 Å². The van der Waals surface area contributed by atoms with Gasteiger partial charge in [-0.1, -0.05) is 44.2 Å². The zero-order valence-corrected chi connectivity index (χ0v) is 17.4. The number of carbonyl (C=O) groups excluding carboxylic acids is 1. The summed E-state index contributed by atoms with van der Waals surface area (Å²) in [5.74, 6) is 1.43. The minimum absolute atomic E-state index is 0.0651. The highest BCUT2D eigenvalue weighted by Crippen LogP contribution is 2.39. The van der Waals surface area contributed by atoms with Crippen LogP contribution in [0.4, 0.5) is 5.95 Å². The van der Waals surface area contributed by atoms with Crippen LogP contribution in [-0.4, -0.2) is 58.4 Å². The lowest BCUT2D eigenvalue weighted by molar-refractivity contribution is -0.131. The molecule has 1 aromatic heterocycles. The average molecular weight is 396 g/mol. The van der Waals surface area contributed by atoms with Crippen molar-refractivity contribution < 1.29 is 9.53 Å². The van der Waals surface area contributed by atoms with E-state index in [0.717, 1.165) is 35.7 Å². The summed E-state index contributed by atoms with van der Waals surface area (Å²) in [5, 5.41) is 4.54. The van der Waals surface area contributed by atoms with E-state index in [9.17, 15) is 4.79 Å². The summed E-state index contributed by atoms with van der Waals surface area (Å²) in [6.07, 6.45) is 2.60. The van der Waals surface area contributed by atoms with Gasteiger partial charge in [0.2, 0.25) is 5.95 Å². The van der Waals surface area contributed by atoms with Gasteiger partial charge in [0.15, 0.2) is 0 Å². The zero-order chi connectivity index (χ0) is 20.4. The van der Waals surface area contributed by atoms with Crippen molar-refractivity contribution >= 4 is 11.9 Å². The van der Waals surface area contributed by atoms with Gasteiger partial charge in [-0.2, -0.15) is 10.1 Å². The number of aromatic nitrogens is 3. The Hall–Kier alpha value is -2.67. The van der Waals surface area contributed by atoms with E-state index in [1.807, 2.05) is 34.7 Å². The Bertz CT molecular complexity index is 884. The Balaban J connectivity index is 1.81. The Morgan fingerprint density at radius 2 is 1.93 bits per heavy atom. The first-order valence-electron chi connectivity index (χ1n) is 10.4. The summed E-state index contributed by atoms with van der Waals surface area (Å²) in [4.78, 5) is 22.3. The molecule has 1 amide bonds. The minimum Gasteiger partial charge on any atom is -0.378 e. The van der Waals surface area contributed by atoms with Crippen molar-refractivity contribution in [1.29, 1.82) is 0 Å². The summed E-state index contributed by atoms with van der Waals surface area (Å²) in [6.45, 7) is 9.67. The molecule has 2 aliphatic heterocycles. The lowest BCUT2D eigenvalue weighted by Gasteiger charge is -2.38. The quantitative estimate of drug-likeness (QED) is 0.779. The highest BCUT2D eigenvalue weighted by molar-refractivity contribution is 5.97.